The fourth-order valence-corrected chi connectivity index (χ4v) is 3.64. The number of rotatable bonds is 4. The SMILES string of the molecule is NC(=NCc1ccnc(N2CCN(c3ccc(F)cc3)CC2)c1)N1CCOCC1. The molecule has 8 heteroatoms. The molecule has 2 aromatic rings. The zero-order valence-corrected chi connectivity index (χ0v) is 16.5. The summed E-state index contributed by atoms with van der Waals surface area (Å²) < 4.78 is 18.5. The van der Waals surface area contributed by atoms with Crippen molar-refractivity contribution < 1.29 is 9.13 Å². The summed E-state index contributed by atoms with van der Waals surface area (Å²) in [7, 11) is 0. The van der Waals surface area contributed by atoms with Crippen molar-refractivity contribution in [3.05, 3.63) is 54.0 Å². The van der Waals surface area contributed by atoms with E-state index in [2.05, 4.69) is 30.7 Å². The number of benzene rings is 1. The molecule has 0 spiro atoms. The predicted molar refractivity (Wildman–Crippen MR) is 113 cm³/mol. The quantitative estimate of drug-likeness (QED) is 0.624. The lowest BCUT2D eigenvalue weighted by Crippen LogP contribution is -2.46. The molecule has 0 bridgehead atoms. The first-order valence-corrected chi connectivity index (χ1v) is 10.0. The summed E-state index contributed by atoms with van der Waals surface area (Å²) in [4.78, 5) is 15.7. The number of aliphatic imine (C=N–C) groups is 1. The Labute approximate surface area is 170 Å². The maximum absolute atomic E-state index is 13.1. The molecule has 2 N–H and O–H groups in total. The van der Waals surface area contributed by atoms with Crippen LogP contribution in [-0.2, 0) is 11.3 Å². The average Bonchev–Trinajstić information content (AvgIpc) is 2.79. The number of ether oxygens (including phenoxy) is 1. The molecule has 0 atom stereocenters. The van der Waals surface area contributed by atoms with Crippen LogP contribution in [0.5, 0.6) is 0 Å². The Bertz CT molecular complexity index is 829. The molecule has 0 unspecified atom stereocenters. The van der Waals surface area contributed by atoms with E-state index >= 15 is 0 Å². The molecular formula is C21H27FN6O. The average molecular weight is 398 g/mol. The van der Waals surface area contributed by atoms with Crippen LogP contribution >= 0.6 is 0 Å². The third-order valence-electron chi connectivity index (χ3n) is 5.36. The van der Waals surface area contributed by atoms with E-state index in [0.29, 0.717) is 25.7 Å². The van der Waals surface area contributed by atoms with Crippen LogP contribution < -0.4 is 15.5 Å². The minimum absolute atomic E-state index is 0.203. The minimum Gasteiger partial charge on any atom is -0.378 e. The number of anilines is 2. The lowest BCUT2D eigenvalue weighted by atomic mass is 10.2. The topological polar surface area (TPSA) is 70.2 Å². The summed E-state index contributed by atoms with van der Waals surface area (Å²) in [5.41, 5.74) is 8.27. The third kappa shape index (κ3) is 4.95. The number of guanidine groups is 1. The number of piperazine rings is 1. The van der Waals surface area contributed by atoms with Gasteiger partial charge in [0.2, 0.25) is 0 Å². The van der Waals surface area contributed by atoms with Crippen LogP contribution in [0.3, 0.4) is 0 Å². The molecule has 0 aliphatic carbocycles. The molecule has 3 heterocycles. The molecule has 1 aromatic carbocycles. The maximum atomic E-state index is 13.1. The van der Waals surface area contributed by atoms with Crippen molar-refractivity contribution in [3.8, 4) is 0 Å². The van der Waals surface area contributed by atoms with Crippen molar-refractivity contribution in [2.24, 2.45) is 10.7 Å². The highest BCUT2D eigenvalue weighted by molar-refractivity contribution is 5.78. The van der Waals surface area contributed by atoms with E-state index in [1.165, 1.54) is 12.1 Å². The Hall–Kier alpha value is -2.87. The number of nitrogens with zero attached hydrogens (tertiary/aromatic N) is 5. The summed E-state index contributed by atoms with van der Waals surface area (Å²) in [6.45, 7) is 6.98. The van der Waals surface area contributed by atoms with Gasteiger partial charge in [-0.05, 0) is 42.0 Å². The largest absolute Gasteiger partial charge is 0.378 e. The van der Waals surface area contributed by atoms with Crippen molar-refractivity contribution in [1.82, 2.24) is 9.88 Å². The summed E-state index contributed by atoms with van der Waals surface area (Å²) in [6.07, 6.45) is 1.83. The van der Waals surface area contributed by atoms with Gasteiger partial charge >= 0.3 is 0 Å². The highest BCUT2D eigenvalue weighted by Gasteiger charge is 2.19. The van der Waals surface area contributed by atoms with E-state index < -0.39 is 0 Å². The number of nitrogens with two attached hydrogens (primary N) is 1. The molecule has 29 heavy (non-hydrogen) atoms. The van der Waals surface area contributed by atoms with Crippen LogP contribution in [-0.4, -0.2) is 68.3 Å². The van der Waals surface area contributed by atoms with Crippen molar-refractivity contribution in [2.45, 2.75) is 6.54 Å². The minimum atomic E-state index is -0.203. The second-order valence-corrected chi connectivity index (χ2v) is 7.25. The number of hydrogen-bond donors (Lipinski definition) is 1. The summed E-state index contributed by atoms with van der Waals surface area (Å²) in [5, 5.41) is 0. The molecule has 7 nitrogen and oxygen atoms in total. The van der Waals surface area contributed by atoms with E-state index in [-0.39, 0.29) is 5.82 Å². The number of halogens is 1. The fourth-order valence-electron chi connectivity index (χ4n) is 3.64. The summed E-state index contributed by atoms with van der Waals surface area (Å²) in [5.74, 6) is 1.33. The molecular weight excluding hydrogens is 371 g/mol. The monoisotopic (exact) mass is 398 g/mol. The van der Waals surface area contributed by atoms with E-state index in [0.717, 1.165) is 56.3 Å². The van der Waals surface area contributed by atoms with Gasteiger partial charge in [-0.3, -0.25) is 0 Å². The van der Waals surface area contributed by atoms with E-state index in [9.17, 15) is 4.39 Å². The zero-order chi connectivity index (χ0) is 20.1. The third-order valence-corrected chi connectivity index (χ3v) is 5.36. The van der Waals surface area contributed by atoms with Crippen LogP contribution in [0.4, 0.5) is 15.9 Å². The smallest absolute Gasteiger partial charge is 0.191 e. The molecule has 0 saturated carbocycles. The molecule has 2 fully saturated rings. The van der Waals surface area contributed by atoms with Gasteiger partial charge in [-0.15, -0.1) is 0 Å². The van der Waals surface area contributed by atoms with Gasteiger partial charge < -0.3 is 25.2 Å². The molecule has 2 saturated heterocycles. The highest BCUT2D eigenvalue weighted by Crippen LogP contribution is 2.20. The number of morpholine rings is 1. The molecule has 2 aliphatic heterocycles. The van der Waals surface area contributed by atoms with E-state index in [1.807, 2.05) is 24.4 Å². The fraction of sp³-hybridized carbons (Fsp3) is 0.429. The van der Waals surface area contributed by atoms with Crippen molar-refractivity contribution in [2.75, 3.05) is 62.3 Å². The van der Waals surface area contributed by atoms with Gasteiger partial charge in [0.1, 0.15) is 11.6 Å². The second kappa shape index (κ2) is 9.09. The second-order valence-electron chi connectivity index (χ2n) is 7.25. The van der Waals surface area contributed by atoms with Gasteiger partial charge in [0, 0.05) is 51.2 Å². The summed E-state index contributed by atoms with van der Waals surface area (Å²) in [6, 6.07) is 10.8. The molecule has 0 radical (unpaired) electrons. The van der Waals surface area contributed by atoms with Crippen molar-refractivity contribution in [1.29, 1.82) is 0 Å². The first-order chi connectivity index (χ1) is 14.2. The van der Waals surface area contributed by atoms with Crippen LogP contribution in [0, 0.1) is 5.82 Å². The van der Waals surface area contributed by atoms with Crippen LogP contribution in [0.2, 0.25) is 0 Å². The van der Waals surface area contributed by atoms with Crippen LogP contribution in [0.15, 0.2) is 47.6 Å². The number of aromatic nitrogens is 1. The standard InChI is InChI=1S/C21H27FN6O/c22-18-1-3-19(4-2-18)26-7-9-27(10-8-26)20-15-17(5-6-24-20)16-25-21(23)28-11-13-29-14-12-28/h1-6,15H,7-14,16H2,(H2,23,25). The van der Waals surface area contributed by atoms with E-state index in [1.54, 1.807) is 0 Å². The Morgan fingerprint density at radius 3 is 2.41 bits per heavy atom. The first kappa shape index (κ1) is 19.4. The van der Waals surface area contributed by atoms with Gasteiger partial charge in [0.25, 0.3) is 0 Å². The Morgan fingerprint density at radius 1 is 1.00 bits per heavy atom. The first-order valence-electron chi connectivity index (χ1n) is 10.0. The molecule has 1 aromatic heterocycles. The Balaban J connectivity index is 1.34. The summed E-state index contributed by atoms with van der Waals surface area (Å²) >= 11 is 0. The molecule has 4 rings (SSSR count). The number of hydrogen-bond acceptors (Lipinski definition) is 5. The normalized spacial score (nSPS) is 18.2. The van der Waals surface area contributed by atoms with Crippen LogP contribution in [0.1, 0.15) is 5.56 Å². The van der Waals surface area contributed by atoms with Gasteiger partial charge in [0.05, 0.1) is 19.8 Å². The van der Waals surface area contributed by atoms with Crippen LogP contribution in [0.25, 0.3) is 0 Å². The van der Waals surface area contributed by atoms with Gasteiger partial charge in [0.15, 0.2) is 5.96 Å². The molecule has 154 valence electrons. The van der Waals surface area contributed by atoms with Gasteiger partial charge in [-0.25, -0.2) is 14.4 Å². The van der Waals surface area contributed by atoms with Gasteiger partial charge in [-0.2, -0.15) is 0 Å². The highest BCUT2D eigenvalue weighted by atomic mass is 19.1. The number of pyridine rings is 1. The van der Waals surface area contributed by atoms with E-state index in [4.69, 9.17) is 10.5 Å². The lowest BCUT2D eigenvalue weighted by molar-refractivity contribution is 0.0674. The molecule has 2 aliphatic rings. The van der Waals surface area contributed by atoms with Gasteiger partial charge in [-0.1, -0.05) is 0 Å². The Kier molecular flexibility index (Phi) is 6.09. The van der Waals surface area contributed by atoms with Crippen molar-refractivity contribution >= 4 is 17.5 Å². The van der Waals surface area contributed by atoms with Crippen molar-refractivity contribution in [3.63, 3.8) is 0 Å². The lowest BCUT2D eigenvalue weighted by Gasteiger charge is -2.36. The Morgan fingerprint density at radius 2 is 1.69 bits per heavy atom. The predicted octanol–water partition coefficient (Wildman–Crippen LogP) is 1.69. The molecule has 0 amide bonds. The zero-order valence-electron chi connectivity index (χ0n) is 16.5. The maximum Gasteiger partial charge on any atom is 0.191 e.